The fourth-order valence-electron chi connectivity index (χ4n) is 1.26. The van der Waals surface area contributed by atoms with Crippen molar-refractivity contribution in [2.75, 3.05) is 25.1 Å². The normalized spacial score (nSPS) is 11.9. The van der Waals surface area contributed by atoms with Gasteiger partial charge >= 0.3 is 12.0 Å². The van der Waals surface area contributed by atoms with Gasteiger partial charge in [-0.15, -0.1) is 0 Å². The van der Waals surface area contributed by atoms with E-state index in [-0.39, 0.29) is 19.0 Å². The van der Waals surface area contributed by atoms with Crippen LogP contribution in [0.1, 0.15) is 25.7 Å². The molecule has 0 aromatic rings. The highest BCUT2D eigenvalue weighted by Crippen LogP contribution is 2.01. The number of nitrogens with one attached hydrogen (secondary N) is 2. The van der Waals surface area contributed by atoms with Crippen LogP contribution >= 0.6 is 11.8 Å². The molecule has 1 unspecified atom stereocenters. The summed E-state index contributed by atoms with van der Waals surface area (Å²) in [5.41, 5.74) is 0. The average molecular weight is 278 g/mol. The molecule has 4 N–H and O–H groups in total. The van der Waals surface area contributed by atoms with Gasteiger partial charge in [-0.1, -0.05) is 6.42 Å². The fourth-order valence-corrected chi connectivity index (χ4v) is 1.75. The van der Waals surface area contributed by atoms with Gasteiger partial charge in [0, 0.05) is 19.5 Å². The van der Waals surface area contributed by atoms with Crippen LogP contribution in [0.25, 0.3) is 0 Å². The molecule has 2 amide bonds. The molecule has 1 atom stereocenters. The number of urea groups is 1. The molecule has 0 aromatic carbocycles. The Balaban J connectivity index is 3.35. The van der Waals surface area contributed by atoms with Crippen LogP contribution in [-0.2, 0) is 4.79 Å². The quantitative estimate of drug-likeness (QED) is 0.440. The van der Waals surface area contributed by atoms with Gasteiger partial charge in [0.15, 0.2) is 6.10 Å². The van der Waals surface area contributed by atoms with E-state index in [2.05, 4.69) is 16.9 Å². The molecule has 0 fully saturated rings. The highest BCUT2D eigenvalue weighted by molar-refractivity contribution is 7.98. The van der Waals surface area contributed by atoms with E-state index in [0.29, 0.717) is 6.54 Å². The van der Waals surface area contributed by atoms with Crippen LogP contribution in [0.15, 0.2) is 0 Å². The van der Waals surface area contributed by atoms with Crippen LogP contribution in [0.2, 0.25) is 0 Å². The lowest BCUT2D eigenvalue weighted by molar-refractivity contribution is -0.146. The van der Waals surface area contributed by atoms with E-state index in [4.69, 9.17) is 10.2 Å². The molecule has 6 nitrogen and oxygen atoms in total. The third-order valence-electron chi connectivity index (χ3n) is 2.30. The zero-order valence-corrected chi connectivity index (χ0v) is 11.5. The second-order valence-electron chi connectivity index (χ2n) is 3.88. The molecule has 0 radical (unpaired) electrons. The molecule has 0 aliphatic rings. The van der Waals surface area contributed by atoms with Crippen LogP contribution < -0.4 is 10.6 Å². The summed E-state index contributed by atoms with van der Waals surface area (Å²) in [4.78, 5) is 21.5. The minimum Gasteiger partial charge on any atom is -0.479 e. The second kappa shape index (κ2) is 11.2. The fraction of sp³-hybridized carbons (Fsp3) is 0.818. The molecule has 0 heterocycles. The zero-order chi connectivity index (χ0) is 13.8. The van der Waals surface area contributed by atoms with Crippen molar-refractivity contribution < 1.29 is 19.8 Å². The summed E-state index contributed by atoms with van der Waals surface area (Å²) in [5.74, 6) is -0.134. The van der Waals surface area contributed by atoms with Gasteiger partial charge in [-0.25, -0.2) is 9.59 Å². The number of aliphatic hydroxyl groups is 1. The number of hydrogen-bond acceptors (Lipinski definition) is 4. The van der Waals surface area contributed by atoms with Crippen molar-refractivity contribution in [2.24, 2.45) is 0 Å². The molecular formula is C11H22N2O4S. The lowest BCUT2D eigenvalue weighted by Gasteiger charge is -2.08. The van der Waals surface area contributed by atoms with Gasteiger partial charge in [-0.05, 0) is 24.9 Å². The molecule has 0 rings (SSSR count). The Kier molecular flexibility index (Phi) is 10.6. The van der Waals surface area contributed by atoms with Gasteiger partial charge in [-0.2, -0.15) is 11.8 Å². The molecule has 0 aliphatic carbocycles. The second-order valence-corrected chi connectivity index (χ2v) is 4.86. The van der Waals surface area contributed by atoms with Crippen LogP contribution in [0.5, 0.6) is 0 Å². The summed E-state index contributed by atoms with van der Waals surface area (Å²) < 4.78 is 0. The van der Waals surface area contributed by atoms with E-state index >= 15 is 0 Å². The molecule has 0 aromatic heterocycles. The number of carbonyl (C=O) groups is 2. The maximum absolute atomic E-state index is 11.2. The largest absolute Gasteiger partial charge is 0.479 e. The molecule has 7 heteroatoms. The minimum atomic E-state index is -1.42. The van der Waals surface area contributed by atoms with Crippen LogP contribution in [-0.4, -0.2) is 53.4 Å². The van der Waals surface area contributed by atoms with Crippen LogP contribution in [0, 0.1) is 0 Å². The summed E-state index contributed by atoms with van der Waals surface area (Å²) in [5, 5.41) is 22.5. The molecule has 0 bridgehead atoms. The van der Waals surface area contributed by atoms with Crippen LogP contribution in [0.3, 0.4) is 0 Å². The number of aliphatic hydroxyl groups excluding tert-OH is 1. The molecule has 0 saturated heterocycles. The highest BCUT2D eigenvalue weighted by atomic mass is 32.2. The van der Waals surface area contributed by atoms with Gasteiger partial charge in [0.05, 0.1) is 0 Å². The van der Waals surface area contributed by atoms with Crippen molar-refractivity contribution in [1.29, 1.82) is 0 Å². The smallest absolute Gasteiger partial charge is 0.332 e. The number of carboxylic acids is 1. The van der Waals surface area contributed by atoms with E-state index in [1.807, 2.05) is 11.8 Å². The predicted octanol–water partition coefficient (Wildman–Crippen LogP) is 0.654. The first-order valence-corrected chi connectivity index (χ1v) is 7.38. The summed E-state index contributed by atoms with van der Waals surface area (Å²) in [6.07, 6.45) is 3.82. The lowest BCUT2D eigenvalue weighted by Crippen LogP contribution is -2.38. The summed E-state index contributed by atoms with van der Waals surface area (Å²) in [7, 11) is 0. The molecule has 0 spiro atoms. The predicted molar refractivity (Wildman–Crippen MR) is 71.9 cm³/mol. The Labute approximate surface area is 112 Å². The number of hydrogen-bond donors (Lipinski definition) is 4. The van der Waals surface area contributed by atoms with Crippen molar-refractivity contribution in [2.45, 2.75) is 31.8 Å². The molecule has 106 valence electrons. The number of thioether (sulfide) groups is 1. The van der Waals surface area contributed by atoms with Gasteiger partial charge < -0.3 is 20.8 Å². The van der Waals surface area contributed by atoms with Crippen molar-refractivity contribution in [1.82, 2.24) is 10.6 Å². The van der Waals surface area contributed by atoms with E-state index in [0.717, 1.165) is 25.0 Å². The summed E-state index contributed by atoms with van der Waals surface area (Å²) in [6.45, 7) is 0.757. The Morgan fingerprint density at radius 3 is 2.44 bits per heavy atom. The van der Waals surface area contributed by atoms with E-state index < -0.39 is 12.1 Å². The Bertz CT molecular complexity index is 251. The van der Waals surface area contributed by atoms with Crippen LogP contribution in [0.4, 0.5) is 4.79 Å². The number of carbonyl (C=O) groups excluding carboxylic acids is 1. The highest BCUT2D eigenvalue weighted by Gasteiger charge is 2.12. The number of amides is 2. The average Bonchev–Trinajstić information content (AvgIpc) is 2.33. The van der Waals surface area contributed by atoms with Crippen molar-refractivity contribution in [3.63, 3.8) is 0 Å². The number of aliphatic carboxylic acids is 1. The van der Waals surface area contributed by atoms with Gasteiger partial charge in [0.1, 0.15) is 0 Å². The standard InChI is InChI=1S/C11H22N2O4S/c1-18-8-4-2-3-6-12-11(17)13-7-5-9(14)10(15)16/h9,14H,2-8H2,1H3,(H,15,16)(H2,12,13,17). The van der Waals surface area contributed by atoms with Gasteiger partial charge in [-0.3, -0.25) is 0 Å². The molecular weight excluding hydrogens is 256 g/mol. The lowest BCUT2D eigenvalue weighted by atomic mass is 10.2. The summed E-state index contributed by atoms with van der Waals surface area (Å²) in [6, 6.07) is -0.322. The van der Waals surface area contributed by atoms with E-state index in [1.165, 1.54) is 0 Å². The summed E-state index contributed by atoms with van der Waals surface area (Å²) >= 11 is 1.81. The first-order chi connectivity index (χ1) is 8.57. The van der Waals surface area contributed by atoms with Crippen molar-refractivity contribution in [3.05, 3.63) is 0 Å². The Morgan fingerprint density at radius 2 is 1.83 bits per heavy atom. The number of carboxylic acid groups (broad SMARTS) is 1. The zero-order valence-electron chi connectivity index (χ0n) is 10.6. The van der Waals surface area contributed by atoms with Crippen molar-refractivity contribution in [3.8, 4) is 0 Å². The number of unbranched alkanes of at least 4 members (excludes halogenated alkanes) is 2. The first kappa shape index (κ1) is 17.1. The topological polar surface area (TPSA) is 98.7 Å². The SMILES string of the molecule is CSCCCCCNC(=O)NCCC(O)C(=O)O. The van der Waals surface area contributed by atoms with E-state index in [1.54, 1.807) is 0 Å². The third kappa shape index (κ3) is 10.2. The molecule has 0 saturated carbocycles. The Morgan fingerprint density at radius 1 is 1.17 bits per heavy atom. The monoisotopic (exact) mass is 278 g/mol. The molecule has 0 aliphatic heterocycles. The van der Waals surface area contributed by atoms with Gasteiger partial charge in [0.25, 0.3) is 0 Å². The van der Waals surface area contributed by atoms with E-state index in [9.17, 15) is 9.59 Å². The number of rotatable bonds is 10. The van der Waals surface area contributed by atoms with Gasteiger partial charge in [0.2, 0.25) is 0 Å². The first-order valence-electron chi connectivity index (χ1n) is 5.99. The maximum Gasteiger partial charge on any atom is 0.332 e. The minimum absolute atomic E-state index is 0.0104. The van der Waals surface area contributed by atoms with Crippen molar-refractivity contribution >= 4 is 23.8 Å². The Hall–Kier alpha value is -0.950. The third-order valence-corrected chi connectivity index (χ3v) is 3.00. The molecule has 18 heavy (non-hydrogen) atoms. The maximum atomic E-state index is 11.2.